The van der Waals surface area contributed by atoms with E-state index in [1.54, 1.807) is 0 Å². The van der Waals surface area contributed by atoms with Crippen LogP contribution in [0.4, 0.5) is 4.79 Å². The lowest BCUT2D eigenvalue weighted by molar-refractivity contribution is -0.0775. The largest absolute Gasteiger partial charge is 0.464 e. The molecule has 1 aliphatic heterocycles. The topological polar surface area (TPSA) is 103 Å². The highest BCUT2D eigenvalue weighted by atomic mass is 16.5. The molecule has 0 saturated carbocycles. The minimum absolute atomic E-state index is 0.162. The predicted octanol–water partition coefficient (Wildman–Crippen LogP) is -0.852. The van der Waals surface area contributed by atoms with E-state index < -0.39 is 6.09 Å². The van der Waals surface area contributed by atoms with Crippen molar-refractivity contribution in [2.45, 2.75) is 6.10 Å². The van der Waals surface area contributed by atoms with Crippen molar-refractivity contribution in [3.8, 4) is 0 Å². The zero-order valence-corrected chi connectivity index (χ0v) is 7.72. The third kappa shape index (κ3) is 2.41. The molecule has 0 aliphatic carbocycles. The number of amides is 1. The summed E-state index contributed by atoms with van der Waals surface area (Å²) in [6, 6.07) is 0. The van der Waals surface area contributed by atoms with E-state index >= 15 is 0 Å². The van der Waals surface area contributed by atoms with E-state index in [9.17, 15) is 4.79 Å². The second kappa shape index (κ2) is 4.89. The maximum absolute atomic E-state index is 10.7. The minimum Gasteiger partial charge on any atom is -0.464 e. The van der Waals surface area contributed by atoms with Crippen LogP contribution in [0.25, 0.3) is 0 Å². The zero-order chi connectivity index (χ0) is 10.6. The highest BCUT2D eigenvalue weighted by Crippen LogP contribution is 2.06. The van der Waals surface area contributed by atoms with Crippen molar-refractivity contribution in [3.05, 3.63) is 0 Å². The number of rotatable bonds is 3. The van der Waals surface area contributed by atoms with Gasteiger partial charge in [-0.3, -0.25) is 5.41 Å². The smallest absolute Gasteiger partial charge is 0.427 e. The lowest BCUT2D eigenvalue weighted by Gasteiger charge is -2.35. The molecule has 1 heterocycles. The Kier molecular flexibility index (Phi) is 3.81. The molecule has 0 aromatic rings. The van der Waals surface area contributed by atoms with Crippen LogP contribution >= 0.6 is 0 Å². The number of carbonyl (C=O) groups is 1. The van der Waals surface area contributed by atoms with Gasteiger partial charge in [-0.05, 0) is 0 Å². The van der Waals surface area contributed by atoms with E-state index in [4.69, 9.17) is 21.0 Å². The number of ether oxygens (including phenoxy) is 1. The molecule has 0 aromatic heterocycles. The molecular weight excluding hydrogens is 188 g/mol. The number of nitrogens with one attached hydrogen (secondary N) is 1. The Morgan fingerprint density at radius 2 is 2.57 bits per heavy atom. The van der Waals surface area contributed by atoms with E-state index in [-0.39, 0.29) is 6.10 Å². The van der Waals surface area contributed by atoms with Gasteiger partial charge in [0.25, 0.3) is 0 Å². The average Bonchev–Trinajstić information content (AvgIpc) is 2.19. The molecule has 1 fully saturated rings. The average molecular weight is 202 g/mol. The van der Waals surface area contributed by atoms with Gasteiger partial charge >= 0.3 is 6.09 Å². The molecule has 1 amide bonds. The zero-order valence-electron chi connectivity index (χ0n) is 7.72. The van der Waals surface area contributed by atoms with Crippen LogP contribution in [0, 0.1) is 5.41 Å². The van der Waals surface area contributed by atoms with Crippen molar-refractivity contribution in [3.63, 3.8) is 0 Å². The first-order chi connectivity index (χ1) is 6.69. The first kappa shape index (κ1) is 10.9. The summed E-state index contributed by atoms with van der Waals surface area (Å²) in [5, 5.41) is 18.1. The molecule has 0 spiro atoms. The first-order valence-electron chi connectivity index (χ1n) is 4.28. The molecule has 1 atom stereocenters. The first-order valence-corrected chi connectivity index (χ1v) is 4.28. The van der Waals surface area contributed by atoms with Gasteiger partial charge in [0.05, 0.1) is 12.7 Å². The molecule has 1 aliphatic rings. The fourth-order valence-corrected chi connectivity index (χ4v) is 1.30. The molecule has 80 valence electrons. The Hall–Kier alpha value is -1.18. The van der Waals surface area contributed by atoms with E-state index in [0.717, 1.165) is 11.3 Å². The fourth-order valence-electron chi connectivity index (χ4n) is 1.30. The normalized spacial score (nSPS) is 23.1. The molecule has 0 bridgehead atoms. The van der Waals surface area contributed by atoms with Crippen molar-refractivity contribution < 1.29 is 14.6 Å². The number of nitrogens with two attached hydrogens (primary N) is 1. The molecule has 4 N–H and O–H groups in total. The van der Waals surface area contributed by atoms with Gasteiger partial charge in [0.2, 0.25) is 0 Å². The molecular formula is C7H14N4O3. The van der Waals surface area contributed by atoms with Gasteiger partial charge in [0, 0.05) is 19.6 Å². The minimum atomic E-state index is -1.17. The van der Waals surface area contributed by atoms with Gasteiger partial charge in [-0.15, -0.1) is 0 Å². The quantitative estimate of drug-likeness (QED) is 0.408. The van der Waals surface area contributed by atoms with Crippen molar-refractivity contribution in [2.75, 3.05) is 26.2 Å². The van der Waals surface area contributed by atoms with Gasteiger partial charge in [-0.1, -0.05) is 0 Å². The van der Waals surface area contributed by atoms with Crippen LogP contribution in [0.1, 0.15) is 0 Å². The number of carboxylic acid groups (broad SMARTS) is 1. The monoisotopic (exact) mass is 202 g/mol. The molecule has 0 aromatic carbocycles. The Morgan fingerprint density at radius 3 is 3.07 bits per heavy atom. The summed E-state index contributed by atoms with van der Waals surface area (Å²) < 4.78 is 5.27. The SMILES string of the molecule is N=CN(C(=O)O)N1CCOC(CN)C1. The highest BCUT2D eigenvalue weighted by molar-refractivity contribution is 5.78. The Balaban J connectivity index is 2.57. The van der Waals surface area contributed by atoms with Crippen molar-refractivity contribution >= 4 is 12.4 Å². The second-order valence-electron chi connectivity index (χ2n) is 2.90. The van der Waals surface area contributed by atoms with E-state index in [2.05, 4.69) is 0 Å². The van der Waals surface area contributed by atoms with Crippen LogP contribution in [0.3, 0.4) is 0 Å². The summed E-state index contributed by atoms with van der Waals surface area (Å²) in [7, 11) is 0. The lowest BCUT2D eigenvalue weighted by atomic mass is 10.3. The maximum atomic E-state index is 10.7. The number of nitrogens with zero attached hydrogens (tertiary/aromatic N) is 2. The van der Waals surface area contributed by atoms with E-state index in [1.165, 1.54) is 5.01 Å². The van der Waals surface area contributed by atoms with Gasteiger partial charge in [-0.2, -0.15) is 5.01 Å². The van der Waals surface area contributed by atoms with Crippen LogP contribution in [0.5, 0.6) is 0 Å². The molecule has 0 radical (unpaired) electrons. The fraction of sp³-hybridized carbons (Fsp3) is 0.714. The summed E-state index contributed by atoms with van der Waals surface area (Å²) in [6.07, 6.45) is -0.565. The third-order valence-electron chi connectivity index (χ3n) is 2.00. The Morgan fingerprint density at radius 1 is 1.86 bits per heavy atom. The van der Waals surface area contributed by atoms with Crippen molar-refractivity contribution in [2.24, 2.45) is 5.73 Å². The van der Waals surface area contributed by atoms with Gasteiger partial charge in [0.15, 0.2) is 0 Å². The van der Waals surface area contributed by atoms with Gasteiger partial charge in [-0.25, -0.2) is 9.80 Å². The standard InChI is InChI=1S/C7H14N4O3/c8-3-6-4-10(1-2-14-6)11(5-9)7(12)13/h5-6,9H,1-4,8H2,(H,12,13). The van der Waals surface area contributed by atoms with Crippen molar-refractivity contribution in [1.29, 1.82) is 5.41 Å². The van der Waals surface area contributed by atoms with Gasteiger partial charge in [0.1, 0.15) is 6.34 Å². The number of hydrazine groups is 1. The van der Waals surface area contributed by atoms with Crippen LogP contribution in [0.2, 0.25) is 0 Å². The van der Waals surface area contributed by atoms with Crippen LogP contribution < -0.4 is 5.73 Å². The summed E-state index contributed by atoms with van der Waals surface area (Å²) in [6.45, 7) is 1.64. The van der Waals surface area contributed by atoms with E-state index in [1.807, 2.05) is 0 Å². The summed E-state index contributed by atoms with van der Waals surface area (Å²) >= 11 is 0. The van der Waals surface area contributed by atoms with Crippen LogP contribution in [-0.4, -0.2) is 59.9 Å². The van der Waals surface area contributed by atoms with E-state index in [0.29, 0.717) is 26.2 Å². The molecule has 1 rings (SSSR count). The summed E-state index contributed by atoms with van der Waals surface area (Å²) in [5.74, 6) is 0. The Bertz CT molecular complexity index is 223. The molecule has 14 heavy (non-hydrogen) atoms. The number of morpholine rings is 1. The lowest BCUT2D eigenvalue weighted by Crippen LogP contribution is -2.54. The number of hydrogen-bond acceptors (Lipinski definition) is 5. The molecule has 7 heteroatoms. The Labute approximate surface area is 81.5 Å². The molecule has 1 saturated heterocycles. The van der Waals surface area contributed by atoms with Crippen LogP contribution in [-0.2, 0) is 4.74 Å². The second-order valence-corrected chi connectivity index (χ2v) is 2.90. The number of hydrogen-bond donors (Lipinski definition) is 3. The summed E-state index contributed by atoms with van der Waals surface area (Å²) in [4.78, 5) is 10.7. The third-order valence-corrected chi connectivity index (χ3v) is 2.00. The van der Waals surface area contributed by atoms with Crippen molar-refractivity contribution in [1.82, 2.24) is 10.0 Å². The predicted molar refractivity (Wildman–Crippen MR) is 49.0 cm³/mol. The molecule has 1 unspecified atom stereocenters. The van der Waals surface area contributed by atoms with Gasteiger partial charge < -0.3 is 15.6 Å². The molecule has 7 nitrogen and oxygen atoms in total. The highest BCUT2D eigenvalue weighted by Gasteiger charge is 2.25. The van der Waals surface area contributed by atoms with Crippen LogP contribution in [0.15, 0.2) is 0 Å². The summed E-state index contributed by atoms with van der Waals surface area (Å²) in [5.41, 5.74) is 5.41. The maximum Gasteiger partial charge on any atom is 0.427 e.